The van der Waals surface area contributed by atoms with Gasteiger partial charge in [0.15, 0.2) is 0 Å². The molecule has 0 radical (unpaired) electrons. The van der Waals surface area contributed by atoms with E-state index in [-0.39, 0.29) is 17.5 Å². The van der Waals surface area contributed by atoms with E-state index in [1.807, 2.05) is 20.0 Å². The van der Waals surface area contributed by atoms with Crippen LogP contribution in [0, 0.1) is 5.92 Å². The van der Waals surface area contributed by atoms with Crippen LogP contribution in [0.4, 0.5) is 0 Å². The number of hydrogen-bond donors (Lipinski definition) is 1. The first kappa shape index (κ1) is 17.2. The first-order valence-electron chi connectivity index (χ1n) is 8.23. The predicted octanol–water partition coefficient (Wildman–Crippen LogP) is 3.58. The van der Waals surface area contributed by atoms with Gasteiger partial charge in [-0.15, -0.1) is 0 Å². The fourth-order valence-electron chi connectivity index (χ4n) is 2.67. The van der Waals surface area contributed by atoms with E-state index < -0.39 is 5.97 Å². The Balaban J connectivity index is 2.36. The number of carbonyl (C=O) groups is 1. The smallest absolute Gasteiger partial charge is 0.342 e. The molecule has 0 bridgehead atoms. The first-order chi connectivity index (χ1) is 10.9. The summed E-state index contributed by atoms with van der Waals surface area (Å²) in [7, 11) is 0. The molecule has 0 saturated heterocycles. The molecule has 1 N–H and O–H groups in total. The molecule has 0 aromatic carbocycles. The van der Waals surface area contributed by atoms with Crippen molar-refractivity contribution in [1.29, 1.82) is 0 Å². The van der Waals surface area contributed by atoms with Crippen molar-refractivity contribution in [2.45, 2.75) is 59.5 Å². The number of fused-ring (bicyclic) bond motifs is 1. The van der Waals surface area contributed by atoms with Crippen molar-refractivity contribution in [3.8, 4) is 5.88 Å². The van der Waals surface area contributed by atoms with Crippen LogP contribution in [-0.2, 0) is 6.42 Å². The summed E-state index contributed by atoms with van der Waals surface area (Å²) in [6.07, 6.45) is 7.56. The van der Waals surface area contributed by atoms with Crippen molar-refractivity contribution in [1.82, 2.24) is 14.4 Å². The summed E-state index contributed by atoms with van der Waals surface area (Å²) in [4.78, 5) is 20.2. The maximum absolute atomic E-state index is 11.4. The molecule has 0 aliphatic carbocycles. The van der Waals surface area contributed by atoms with E-state index in [1.54, 1.807) is 4.40 Å². The van der Waals surface area contributed by atoms with Gasteiger partial charge in [0.1, 0.15) is 5.56 Å². The number of imidazole rings is 1. The van der Waals surface area contributed by atoms with Crippen molar-refractivity contribution in [2.24, 2.45) is 5.92 Å². The second-order valence-electron chi connectivity index (χ2n) is 6.14. The van der Waals surface area contributed by atoms with Crippen LogP contribution in [0.3, 0.4) is 0 Å². The summed E-state index contributed by atoms with van der Waals surface area (Å²) in [5.41, 5.74) is 0.992. The van der Waals surface area contributed by atoms with Gasteiger partial charge in [0, 0.05) is 12.4 Å². The molecule has 0 spiro atoms. The molecule has 126 valence electrons. The Morgan fingerprint density at radius 2 is 2.04 bits per heavy atom. The third-order valence-electron chi connectivity index (χ3n) is 3.81. The monoisotopic (exact) mass is 319 g/mol. The van der Waals surface area contributed by atoms with Gasteiger partial charge in [-0.2, -0.15) is 4.98 Å². The molecule has 6 nitrogen and oxygen atoms in total. The number of nitrogens with zero attached hydrogens (tertiary/aromatic N) is 3. The van der Waals surface area contributed by atoms with Gasteiger partial charge >= 0.3 is 5.97 Å². The Bertz CT molecular complexity index is 679. The number of carboxylic acids is 1. The number of ether oxygens (including phenoxy) is 1. The van der Waals surface area contributed by atoms with Crippen LogP contribution in [-0.4, -0.2) is 31.5 Å². The molecule has 0 saturated carbocycles. The zero-order chi connectivity index (χ0) is 17.0. The van der Waals surface area contributed by atoms with Gasteiger partial charge in [0.25, 0.3) is 0 Å². The van der Waals surface area contributed by atoms with Crippen molar-refractivity contribution in [2.75, 3.05) is 0 Å². The van der Waals surface area contributed by atoms with Gasteiger partial charge in [-0.1, -0.05) is 33.1 Å². The topological polar surface area (TPSA) is 76.7 Å². The Hall–Kier alpha value is -2.11. The van der Waals surface area contributed by atoms with Gasteiger partial charge < -0.3 is 9.84 Å². The summed E-state index contributed by atoms with van der Waals surface area (Å²) in [5.74, 6) is 0.141. The third-order valence-corrected chi connectivity index (χ3v) is 3.81. The highest BCUT2D eigenvalue weighted by Gasteiger charge is 2.18. The zero-order valence-electron chi connectivity index (χ0n) is 14.2. The lowest BCUT2D eigenvalue weighted by molar-refractivity contribution is 0.0688. The van der Waals surface area contributed by atoms with Gasteiger partial charge in [0.2, 0.25) is 11.7 Å². The molecular weight excluding hydrogens is 294 g/mol. The van der Waals surface area contributed by atoms with E-state index in [2.05, 4.69) is 23.8 Å². The molecule has 2 aromatic heterocycles. The predicted molar refractivity (Wildman–Crippen MR) is 88.1 cm³/mol. The van der Waals surface area contributed by atoms with E-state index >= 15 is 0 Å². The largest absolute Gasteiger partial charge is 0.477 e. The lowest BCUT2D eigenvalue weighted by atomic mass is 9.96. The van der Waals surface area contributed by atoms with Crippen LogP contribution >= 0.6 is 0 Å². The normalized spacial score (nSPS) is 12.7. The maximum atomic E-state index is 11.4. The highest BCUT2D eigenvalue weighted by Crippen LogP contribution is 2.21. The molecule has 2 heterocycles. The van der Waals surface area contributed by atoms with Gasteiger partial charge in [-0.05, 0) is 26.2 Å². The number of carboxylic acid groups (broad SMARTS) is 1. The van der Waals surface area contributed by atoms with Crippen molar-refractivity contribution in [3.05, 3.63) is 23.7 Å². The first-order valence-corrected chi connectivity index (χ1v) is 8.23. The fraction of sp³-hybridized carbons (Fsp3) is 0.588. The van der Waals surface area contributed by atoms with Crippen molar-refractivity contribution >= 4 is 11.7 Å². The van der Waals surface area contributed by atoms with Crippen molar-refractivity contribution < 1.29 is 14.6 Å². The van der Waals surface area contributed by atoms with Crippen LogP contribution in [0.25, 0.3) is 5.78 Å². The molecule has 6 heteroatoms. The molecule has 1 unspecified atom stereocenters. The van der Waals surface area contributed by atoms with Crippen LogP contribution in [0.15, 0.2) is 12.4 Å². The summed E-state index contributed by atoms with van der Waals surface area (Å²) >= 11 is 0. The summed E-state index contributed by atoms with van der Waals surface area (Å²) in [6.45, 7) is 8.05. The van der Waals surface area contributed by atoms with Gasteiger partial charge in [0.05, 0.1) is 11.8 Å². The van der Waals surface area contributed by atoms with Gasteiger partial charge in [-0.3, -0.25) is 4.40 Å². The maximum Gasteiger partial charge on any atom is 0.342 e. The lowest BCUT2D eigenvalue weighted by Crippen LogP contribution is -2.12. The quantitative estimate of drug-likeness (QED) is 0.804. The van der Waals surface area contributed by atoms with Gasteiger partial charge in [-0.25, -0.2) is 9.78 Å². The van der Waals surface area contributed by atoms with Crippen LogP contribution in [0.1, 0.15) is 63.0 Å². The minimum atomic E-state index is -1.05. The molecule has 0 aliphatic heterocycles. The standard InChI is InChI=1S/C17H25N3O3/c1-5-7-12(6-2)8-13-9-20-10-14(16(21)22)15(23-11(3)4)19-17(20)18-13/h9-12H,5-8H2,1-4H3,(H,21,22). The molecule has 0 aliphatic rings. The number of rotatable bonds is 8. The average Bonchev–Trinajstić information content (AvgIpc) is 2.86. The minimum Gasteiger partial charge on any atom is -0.477 e. The molecule has 1 atom stereocenters. The summed E-state index contributed by atoms with van der Waals surface area (Å²) in [5, 5.41) is 9.34. The second kappa shape index (κ2) is 7.44. The van der Waals surface area contributed by atoms with E-state index in [0.717, 1.165) is 25.0 Å². The number of hydrogen-bond acceptors (Lipinski definition) is 4. The Morgan fingerprint density at radius 3 is 2.61 bits per heavy atom. The van der Waals surface area contributed by atoms with E-state index in [4.69, 9.17) is 4.74 Å². The average molecular weight is 319 g/mol. The Kier molecular flexibility index (Phi) is 5.58. The number of aromatic carboxylic acids is 1. The summed E-state index contributed by atoms with van der Waals surface area (Å²) < 4.78 is 7.19. The molecule has 2 aromatic rings. The molecule has 2 rings (SSSR count). The van der Waals surface area contributed by atoms with E-state index in [0.29, 0.717) is 11.7 Å². The van der Waals surface area contributed by atoms with E-state index in [9.17, 15) is 9.90 Å². The van der Waals surface area contributed by atoms with Crippen LogP contribution in [0.5, 0.6) is 5.88 Å². The minimum absolute atomic E-state index is 0.0516. The Labute approximate surface area is 136 Å². The highest BCUT2D eigenvalue weighted by molar-refractivity contribution is 5.90. The highest BCUT2D eigenvalue weighted by atomic mass is 16.5. The lowest BCUT2D eigenvalue weighted by Gasteiger charge is -2.10. The van der Waals surface area contributed by atoms with Crippen LogP contribution < -0.4 is 4.74 Å². The molecular formula is C17H25N3O3. The number of aromatic nitrogens is 3. The molecule has 0 fully saturated rings. The SMILES string of the molecule is CCCC(CC)Cc1cn2cc(C(=O)O)c(OC(C)C)nc2n1. The molecule has 0 amide bonds. The Morgan fingerprint density at radius 1 is 1.30 bits per heavy atom. The van der Waals surface area contributed by atoms with Crippen molar-refractivity contribution in [3.63, 3.8) is 0 Å². The van der Waals surface area contributed by atoms with Crippen LogP contribution in [0.2, 0.25) is 0 Å². The zero-order valence-corrected chi connectivity index (χ0v) is 14.2. The fourth-order valence-corrected chi connectivity index (χ4v) is 2.67. The third kappa shape index (κ3) is 4.21. The summed E-state index contributed by atoms with van der Waals surface area (Å²) in [6, 6.07) is 0. The molecule has 23 heavy (non-hydrogen) atoms. The van der Waals surface area contributed by atoms with E-state index in [1.165, 1.54) is 12.6 Å². The second-order valence-corrected chi connectivity index (χ2v) is 6.14.